The van der Waals surface area contributed by atoms with Crippen LogP contribution < -0.4 is 4.90 Å². The van der Waals surface area contributed by atoms with Crippen LogP contribution in [0.4, 0.5) is 5.69 Å². The highest BCUT2D eigenvalue weighted by molar-refractivity contribution is 7.85. The predicted octanol–water partition coefficient (Wildman–Crippen LogP) is 1.36. The van der Waals surface area contributed by atoms with Gasteiger partial charge in [0.05, 0.1) is 0 Å². The van der Waals surface area contributed by atoms with Crippen molar-refractivity contribution in [2.24, 2.45) is 0 Å². The fourth-order valence-electron chi connectivity index (χ4n) is 1.18. The van der Waals surface area contributed by atoms with Gasteiger partial charge in [-0.05, 0) is 19.1 Å². The molecule has 5 heteroatoms. The minimum Gasteiger partial charge on any atom is -0.356 e. The SMILES string of the molecule is CCN(CS(=O)(=O)O)c1ccccc1. The molecular formula is C9H13NO3S. The summed E-state index contributed by atoms with van der Waals surface area (Å²) in [5.41, 5.74) is 0.785. The molecule has 0 saturated carbocycles. The van der Waals surface area contributed by atoms with Gasteiger partial charge in [-0.3, -0.25) is 4.55 Å². The third-order valence-corrected chi connectivity index (χ3v) is 2.46. The van der Waals surface area contributed by atoms with Crippen LogP contribution in [-0.2, 0) is 10.1 Å². The molecule has 0 atom stereocenters. The molecule has 0 aliphatic carbocycles. The standard InChI is InChI=1S/C9H13NO3S/c1-2-10(8-14(11,12)13)9-6-4-3-5-7-9/h3-7H,2,8H2,1H3,(H,11,12,13). The van der Waals surface area contributed by atoms with Gasteiger partial charge in [0.1, 0.15) is 5.88 Å². The predicted molar refractivity (Wildman–Crippen MR) is 55.9 cm³/mol. The number of nitrogens with zero attached hydrogens (tertiary/aromatic N) is 1. The molecule has 0 unspecified atom stereocenters. The summed E-state index contributed by atoms with van der Waals surface area (Å²) < 4.78 is 30.1. The molecule has 0 spiro atoms. The topological polar surface area (TPSA) is 57.6 Å². The summed E-state index contributed by atoms with van der Waals surface area (Å²) in [5.74, 6) is -0.368. The van der Waals surface area contributed by atoms with Gasteiger partial charge < -0.3 is 4.90 Å². The molecule has 0 aliphatic rings. The summed E-state index contributed by atoms with van der Waals surface area (Å²) >= 11 is 0. The Kier molecular flexibility index (Phi) is 3.49. The summed E-state index contributed by atoms with van der Waals surface area (Å²) in [6, 6.07) is 9.10. The van der Waals surface area contributed by atoms with E-state index in [4.69, 9.17) is 4.55 Å². The minimum atomic E-state index is -3.96. The second kappa shape index (κ2) is 4.43. The number of rotatable bonds is 4. The summed E-state index contributed by atoms with van der Waals surface area (Å²) in [5, 5.41) is 0. The lowest BCUT2D eigenvalue weighted by atomic mass is 10.3. The van der Waals surface area contributed by atoms with Gasteiger partial charge in [-0.25, -0.2) is 0 Å². The molecule has 1 rings (SSSR count). The van der Waals surface area contributed by atoms with Gasteiger partial charge in [-0.15, -0.1) is 0 Å². The maximum atomic E-state index is 10.7. The van der Waals surface area contributed by atoms with Crippen LogP contribution in [0.15, 0.2) is 30.3 Å². The maximum Gasteiger partial charge on any atom is 0.283 e. The number of benzene rings is 1. The Morgan fingerprint density at radius 2 is 1.86 bits per heavy atom. The van der Waals surface area contributed by atoms with Crippen LogP contribution in [-0.4, -0.2) is 25.4 Å². The van der Waals surface area contributed by atoms with E-state index in [1.807, 2.05) is 25.1 Å². The lowest BCUT2D eigenvalue weighted by molar-refractivity contribution is 0.481. The Morgan fingerprint density at radius 3 is 2.29 bits per heavy atom. The molecule has 0 amide bonds. The van der Waals surface area contributed by atoms with Crippen LogP contribution in [0.1, 0.15) is 6.92 Å². The van der Waals surface area contributed by atoms with Crippen LogP contribution in [0.25, 0.3) is 0 Å². The van der Waals surface area contributed by atoms with Crippen molar-refractivity contribution in [1.82, 2.24) is 0 Å². The average Bonchev–Trinajstić information content (AvgIpc) is 2.14. The molecule has 78 valence electrons. The Bertz CT molecular complexity index is 374. The molecule has 0 bridgehead atoms. The van der Waals surface area contributed by atoms with E-state index >= 15 is 0 Å². The normalized spacial score (nSPS) is 11.3. The van der Waals surface area contributed by atoms with Gasteiger partial charge in [0.2, 0.25) is 0 Å². The molecule has 0 aliphatic heterocycles. The lowest BCUT2D eigenvalue weighted by Crippen LogP contribution is -2.29. The molecule has 1 N–H and O–H groups in total. The smallest absolute Gasteiger partial charge is 0.283 e. The molecule has 4 nitrogen and oxygen atoms in total. The van der Waals surface area contributed by atoms with Crippen molar-refractivity contribution in [2.45, 2.75) is 6.92 Å². The van der Waals surface area contributed by atoms with Gasteiger partial charge in [-0.2, -0.15) is 8.42 Å². The van der Waals surface area contributed by atoms with Crippen molar-refractivity contribution in [3.8, 4) is 0 Å². The van der Waals surface area contributed by atoms with Crippen molar-refractivity contribution in [2.75, 3.05) is 17.3 Å². The Balaban J connectivity index is 2.84. The first-order valence-electron chi connectivity index (χ1n) is 4.28. The van der Waals surface area contributed by atoms with E-state index in [1.165, 1.54) is 0 Å². The summed E-state index contributed by atoms with van der Waals surface area (Å²) in [6.07, 6.45) is 0. The molecule has 0 saturated heterocycles. The lowest BCUT2D eigenvalue weighted by Gasteiger charge is -2.20. The van der Waals surface area contributed by atoms with Crippen molar-refractivity contribution < 1.29 is 13.0 Å². The highest BCUT2D eigenvalue weighted by atomic mass is 32.2. The monoisotopic (exact) mass is 215 g/mol. The van der Waals surface area contributed by atoms with Crippen molar-refractivity contribution in [3.63, 3.8) is 0 Å². The van der Waals surface area contributed by atoms with Crippen molar-refractivity contribution >= 4 is 15.8 Å². The van der Waals surface area contributed by atoms with Crippen LogP contribution in [0.3, 0.4) is 0 Å². The molecule has 0 radical (unpaired) electrons. The third-order valence-electron chi connectivity index (χ3n) is 1.82. The van der Waals surface area contributed by atoms with Gasteiger partial charge in [0.25, 0.3) is 10.1 Å². The van der Waals surface area contributed by atoms with Crippen LogP contribution >= 0.6 is 0 Å². The van der Waals surface area contributed by atoms with E-state index < -0.39 is 10.1 Å². The Morgan fingerprint density at radius 1 is 1.29 bits per heavy atom. The van der Waals surface area contributed by atoms with Gasteiger partial charge >= 0.3 is 0 Å². The van der Waals surface area contributed by atoms with Crippen molar-refractivity contribution in [1.29, 1.82) is 0 Å². The summed E-state index contributed by atoms with van der Waals surface area (Å²) in [6.45, 7) is 2.36. The maximum absolute atomic E-state index is 10.7. The van der Waals surface area contributed by atoms with E-state index in [0.717, 1.165) is 5.69 Å². The zero-order valence-corrected chi connectivity index (χ0v) is 8.74. The van der Waals surface area contributed by atoms with E-state index in [-0.39, 0.29) is 5.88 Å². The summed E-state index contributed by atoms with van der Waals surface area (Å²) in [4.78, 5) is 1.58. The fourth-order valence-corrected chi connectivity index (χ4v) is 1.91. The number of para-hydroxylation sites is 1. The molecule has 0 fully saturated rings. The summed E-state index contributed by atoms with van der Waals surface area (Å²) in [7, 11) is -3.96. The van der Waals surface area contributed by atoms with Gasteiger partial charge in [0, 0.05) is 12.2 Å². The van der Waals surface area contributed by atoms with Crippen LogP contribution in [0.5, 0.6) is 0 Å². The van der Waals surface area contributed by atoms with E-state index in [1.54, 1.807) is 17.0 Å². The second-order valence-corrected chi connectivity index (χ2v) is 4.32. The highest BCUT2D eigenvalue weighted by Gasteiger charge is 2.11. The first kappa shape index (κ1) is 11.0. The van der Waals surface area contributed by atoms with Gasteiger partial charge in [-0.1, -0.05) is 18.2 Å². The minimum absolute atomic E-state index is 0.368. The molecular weight excluding hydrogens is 202 g/mol. The first-order chi connectivity index (χ1) is 6.53. The quantitative estimate of drug-likeness (QED) is 0.770. The van der Waals surface area contributed by atoms with E-state index in [0.29, 0.717) is 6.54 Å². The zero-order chi connectivity index (χ0) is 10.6. The van der Waals surface area contributed by atoms with E-state index in [9.17, 15) is 8.42 Å². The Hall–Kier alpha value is -1.07. The zero-order valence-electron chi connectivity index (χ0n) is 7.92. The fraction of sp³-hybridized carbons (Fsp3) is 0.333. The van der Waals surface area contributed by atoms with Gasteiger partial charge in [0.15, 0.2) is 0 Å². The average molecular weight is 215 g/mol. The molecule has 0 heterocycles. The first-order valence-corrected chi connectivity index (χ1v) is 5.89. The number of hydrogen-bond donors (Lipinski definition) is 1. The van der Waals surface area contributed by atoms with E-state index in [2.05, 4.69) is 0 Å². The van der Waals surface area contributed by atoms with Crippen LogP contribution in [0, 0.1) is 0 Å². The molecule has 14 heavy (non-hydrogen) atoms. The molecule has 1 aromatic carbocycles. The number of anilines is 1. The van der Waals surface area contributed by atoms with Crippen LogP contribution in [0.2, 0.25) is 0 Å². The highest BCUT2D eigenvalue weighted by Crippen LogP contribution is 2.13. The third kappa shape index (κ3) is 3.35. The molecule has 0 aromatic heterocycles. The largest absolute Gasteiger partial charge is 0.356 e. The van der Waals surface area contributed by atoms with Crippen molar-refractivity contribution in [3.05, 3.63) is 30.3 Å². The second-order valence-electron chi connectivity index (χ2n) is 2.90. The molecule has 1 aromatic rings. The number of hydrogen-bond acceptors (Lipinski definition) is 3. The Labute approximate surface area is 83.9 Å².